The van der Waals surface area contributed by atoms with Crippen LogP contribution in [0, 0.1) is 0 Å². The molecule has 1 saturated heterocycles. The summed E-state index contributed by atoms with van der Waals surface area (Å²) < 4.78 is 28.7. The maximum absolute atomic E-state index is 13.7. The molecule has 4 aromatic carbocycles. The van der Waals surface area contributed by atoms with Crippen LogP contribution >= 0.6 is 0 Å². The Labute approximate surface area is 231 Å². The highest BCUT2D eigenvalue weighted by molar-refractivity contribution is 7.89. The van der Waals surface area contributed by atoms with E-state index in [1.807, 2.05) is 78.9 Å². The van der Waals surface area contributed by atoms with E-state index in [0.29, 0.717) is 44.8 Å². The zero-order valence-corrected chi connectivity index (χ0v) is 22.7. The normalized spacial score (nSPS) is 14.7. The van der Waals surface area contributed by atoms with Gasteiger partial charge in [-0.1, -0.05) is 97.1 Å². The lowest BCUT2D eigenvalue weighted by Gasteiger charge is -2.34. The summed E-state index contributed by atoms with van der Waals surface area (Å²) in [5, 5.41) is 0. The van der Waals surface area contributed by atoms with Gasteiger partial charge in [0, 0.05) is 51.4 Å². The molecule has 1 heterocycles. The van der Waals surface area contributed by atoms with Gasteiger partial charge in [0.15, 0.2) is 0 Å². The summed E-state index contributed by atoms with van der Waals surface area (Å²) in [6.07, 6.45) is 0. The molecule has 0 radical (unpaired) electrons. The van der Waals surface area contributed by atoms with Crippen LogP contribution in [-0.4, -0.2) is 54.6 Å². The lowest BCUT2D eigenvalue weighted by atomic mass is 10.1. The molecule has 0 atom stereocenters. The van der Waals surface area contributed by atoms with Crippen LogP contribution in [0.4, 0.5) is 0 Å². The summed E-state index contributed by atoms with van der Waals surface area (Å²) in [5.41, 5.74) is 3.61. The number of amides is 1. The first-order chi connectivity index (χ1) is 19.0. The van der Waals surface area contributed by atoms with Crippen LogP contribution in [0.25, 0.3) is 0 Å². The quantitative estimate of drug-likeness (QED) is 0.299. The fraction of sp³-hybridized carbons (Fsp3) is 0.219. The minimum atomic E-state index is -3.72. The summed E-state index contributed by atoms with van der Waals surface area (Å²) in [7, 11) is -3.72. The Kier molecular flexibility index (Phi) is 8.51. The van der Waals surface area contributed by atoms with Gasteiger partial charge in [-0.05, 0) is 34.9 Å². The topological polar surface area (TPSA) is 60.9 Å². The molecular weight excluding hydrogens is 506 g/mol. The largest absolute Gasteiger partial charge is 0.330 e. The van der Waals surface area contributed by atoms with E-state index < -0.39 is 10.0 Å². The number of piperazine rings is 1. The molecule has 200 valence electrons. The molecule has 0 spiro atoms. The van der Waals surface area contributed by atoms with Crippen molar-refractivity contribution in [1.82, 2.24) is 14.1 Å². The van der Waals surface area contributed by atoms with Crippen LogP contribution in [0.1, 0.15) is 27.0 Å². The second-order valence-electron chi connectivity index (χ2n) is 9.83. The molecule has 0 unspecified atom stereocenters. The lowest BCUT2D eigenvalue weighted by molar-refractivity contribution is 0.0729. The van der Waals surface area contributed by atoms with Crippen molar-refractivity contribution in [2.45, 2.75) is 24.5 Å². The minimum absolute atomic E-state index is 0.157. The van der Waals surface area contributed by atoms with Crippen molar-refractivity contribution in [2.75, 3.05) is 26.2 Å². The first-order valence-corrected chi connectivity index (χ1v) is 14.7. The van der Waals surface area contributed by atoms with Crippen molar-refractivity contribution in [3.05, 3.63) is 138 Å². The first kappa shape index (κ1) is 26.8. The second kappa shape index (κ2) is 12.4. The van der Waals surface area contributed by atoms with E-state index in [1.54, 1.807) is 23.1 Å². The molecule has 0 N–H and O–H groups in total. The fourth-order valence-electron chi connectivity index (χ4n) is 4.90. The predicted molar refractivity (Wildman–Crippen MR) is 153 cm³/mol. The van der Waals surface area contributed by atoms with E-state index in [9.17, 15) is 13.2 Å². The van der Waals surface area contributed by atoms with Crippen LogP contribution in [0.5, 0.6) is 0 Å². The predicted octanol–water partition coefficient (Wildman–Crippen LogP) is 5.04. The summed E-state index contributed by atoms with van der Waals surface area (Å²) in [6.45, 7) is 3.81. The van der Waals surface area contributed by atoms with Gasteiger partial charge in [-0.3, -0.25) is 9.69 Å². The third-order valence-electron chi connectivity index (χ3n) is 7.02. The highest BCUT2D eigenvalue weighted by atomic mass is 32.2. The number of rotatable bonds is 9. The average molecular weight is 540 g/mol. The van der Waals surface area contributed by atoms with Crippen molar-refractivity contribution in [2.24, 2.45) is 0 Å². The van der Waals surface area contributed by atoms with Gasteiger partial charge < -0.3 is 4.90 Å². The number of sulfonamides is 1. The third-order valence-corrected chi connectivity index (χ3v) is 8.91. The van der Waals surface area contributed by atoms with Gasteiger partial charge in [-0.25, -0.2) is 8.42 Å². The van der Waals surface area contributed by atoms with E-state index in [4.69, 9.17) is 0 Å². The zero-order valence-electron chi connectivity index (χ0n) is 21.9. The Morgan fingerprint density at radius 2 is 1.15 bits per heavy atom. The van der Waals surface area contributed by atoms with Crippen LogP contribution < -0.4 is 0 Å². The van der Waals surface area contributed by atoms with Crippen LogP contribution in [-0.2, 0) is 29.7 Å². The summed E-state index contributed by atoms with van der Waals surface area (Å²) in [4.78, 5) is 17.9. The molecule has 1 aliphatic heterocycles. The molecule has 1 fully saturated rings. The molecule has 0 bridgehead atoms. The maximum Gasteiger partial charge on any atom is 0.254 e. The van der Waals surface area contributed by atoms with Crippen molar-refractivity contribution in [3.8, 4) is 0 Å². The molecule has 7 heteroatoms. The van der Waals surface area contributed by atoms with Gasteiger partial charge in [0.25, 0.3) is 5.91 Å². The number of carbonyl (C=O) groups excluding carboxylic acids is 1. The molecular formula is C32H33N3O3S. The molecule has 1 amide bonds. The number of nitrogens with zero attached hydrogens (tertiary/aromatic N) is 3. The van der Waals surface area contributed by atoms with Gasteiger partial charge in [0.2, 0.25) is 10.0 Å². The van der Waals surface area contributed by atoms with Crippen LogP contribution in [0.15, 0.2) is 120 Å². The minimum Gasteiger partial charge on any atom is -0.330 e. The van der Waals surface area contributed by atoms with Gasteiger partial charge in [-0.15, -0.1) is 0 Å². The molecule has 1 aliphatic rings. The van der Waals surface area contributed by atoms with E-state index in [2.05, 4.69) is 17.0 Å². The average Bonchev–Trinajstić information content (AvgIpc) is 2.98. The molecule has 0 aliphatic carbocycles. The van der Waals surface area contributed by atoms with E-state index >= 15 is 0 Å². The lowest BCUT2D eigenvalue weighted by Crippen LogP contribution is -2.48. The molecule has 6 nitrogen and oxygen atoms in total. The summed E-state index contributed by atoms with van der Waals surface area (Å²) >= 11 is 0. The molecule has 5 rings (SSSR count). The molecule has 4 aromatic rings. The van der Waals surface area contributed by atoms with Crippen molar-refractivity contribution >= 4 is 15.9 Å². The first-order valence-electron chi connectivity index (χ1n) is 13.2. The zero-order chi connectivity index (χ0) is 27.1. The third kappa shape index (κ3) is 6.81. The summed E-state index contributed by atoms with van der Waals surface area (Å²) in [6, 6.07) is 36.3. The monoisotopic (exact) mass is 539 g/mol. The molecule has 0 aromatic heterocycles. The van der Waals surface area contributed by atoms with Gasteiger partial charge in [0.05, 0.1) is 4.90 Å². The SMILES string of the molecule is O=C(c1cccc(S(=O)(=O)N2CCN(Cc3ccccc3)CC2)c1)N(Cc1ccccc1)Cc1ccccc1. The Balaban J connectivity index is 1.31. The summed E-state index contributed by atoms with van der Waals surface area (Å²) in [5.74, 6) is -0.201. The van der Waals surface area contributed by atoms with Gasteiger partial charge in [0.1, 0.15) is 0 Å². The van der Waals surface area contributed by atoms with Crippen LogP contribution in [0.3, 0.4) is 0 Å². The number of hydrogen-bond donors (Lipinski definition) is 0. The Morgan fingerprint density at radius 3 is 1.69 bits per heavy atom. The number of carbonyl (C=O) groups is 1. The van der Waals surface area contributed by atoms with Crippen molar-refractivity contribution in [3.63, 3.8) is 0 Å². The van der Waals surface area contributed by atoms with Gasteiger partial charge >= 0.3 is 0 Å². The van der Waals surface area contributed by atoms with E-state index in [0.717, 1.165) is 17.7 Å². The number of hydrogen-bond acceptors (Lipinski definition) is 4. The molecule has 0 saturated carbocycles. The number of benzene rings is 4. The maximum atomic E-state index is 13.7. The van der Waals surface area contributed by atoms with E-state index in [1.165, 1.54) is 15.9 Å². The highest BCUT2D eigenvalue weighted by Crippen LogP contribution is 2.22. The Morgan fingerprint density at radius 1 is 0.641 bits per heavy atom. The van der Waals surface area contributed by atoms with E-state index in [-0.39, 0.29) is 10.8 Å². The Hall–Kier alpha value is -3.78. The highest BCUT2D eigenvalue weighted by Gasteiger charge is 2.29. The Bertz CT molecular complexity index is 1430. The molecule has 39 heavy (non-hydrogen) atoms. The smallest absolute Gasteiger partial charge is 0.254 e. The standard InChI is InChI=1S/C32H33N3O3S/c36-32(34(25-28-13-6-2-7-14-28)26-29-15-8-3-9-16-29)30-17-10-18-31(23-30)39(37,38)35-21-19-33(20-22-35)24-27-11-4-1-5-12-27/h1-18,23H,19-22,24-26H2. The van der Waals surface area contributed by atoms with Gasteiger partial charge in [-0.2, -0.15) is 4.31 Å². The van der Waals surface area contributed by atoms with Crippen molar-refractivity contribution < 1.29 is 13.2 Å². The second-order valence-corrected chi connectivity index (χ2v) is 11.8. The fourth-order valence-corrected chi connectivity index (χ4v) is 6.37. The van der Waals surface area contributed by atoms with Crippen LogP contribution in [0.2, 0.25) is 0 Å². The van der Waals surface area contributed by atoms with Crippen molar-refractivity contribution in [1.29, 1.82) is 0 Å².